The van der Waals surface area contributed by atoms with E-state index in [0.717, 1.165) is 24.2 Å². The lowest BCUT2D eigenvalue weighted by atomic mass is 10.0. The van der Waals surface area contributed by atoms with Crippen molar-refractivity contribution in [1.82, 2.24) is 0 Å². The monoisotopic (exact) mass is 239 g/mol. The molecule has 1 aromatic rings. The quantitative estimate of drug-likeness (QED) is 0.828. The van der Waals surface area contributed by atoms with Crippen molar-refractivity contribution in [3.63, 3.8) is 0 Å². The van der Waals surface area contributed by atoms with Gasteiger partial charge in [0.2, 0.25) is 0 Å². The van der Waals surface area contributed by atoms with Crippen molar-refractivity contribution < 1.29 is 4.74 Å². The highest BCUT2D eigenvalue weighted by molar-refractivity contribution is 6.25. The standard InChI is InChI=1S/C13H18ClNO/c1-2-12(15)10-11-6-3-4-7-13(11)16-9-5-8-14/h3-8,12H,2,9-10,15H2,1H3/b8-5+. The van der Waals surface area contributed by atoms with Crippen molar-refractivity contribution in [3.05, 3.63) is 41.4 Å². The van der Waals surface area contributed by atoms with Crippen molar-refractivity contribution in [2.24, 2.45) is 5.73 Å². The molecule has 2 nitrogen and oxygen atoms in total. The Morgan fingerprint density at radius 2 is 2.19 bits per heavy atom. The number of hydrogen-bond acceptors (Lipinski definition) is 2. The number of para-hydroxylation sites is 1. The van der Waals surface area contributed by atoms with Crippen LogP contribution in [0.25, 0.3) is 0 Å². The summed E-state index contributed by atoms with van der Waals surface area (Å²) in [7, 11) is 0. The number of rotatable bonds is 6. The summed E-state index contributed by atoms with van der Waals surface area (Å²) in [5.41, 5.74) is 8.55. The normalized spacial score (nSPS) is 12.9. The molecule has 0 aliphatic carbocycles. The molecule has 0 aliphatic rings. The van der Waals surface area contributed by atoms with Crippen LogP contribution >= 0.6 is 11.6 Å². The maximum Gasteiger partial charge on any atom is 0.123 e. The maximum atomic E-state index is 5.94. The van der Waals surface area contributed by atoms with Crippen LogP contribution in [0.2, 0.25) is 0 Å². The first kappa shape index (κ1) is 13.1. The zero-order chi connectivity index (χ0) is 11.8. The number of ether oxygens (including phenoxy) is 1. The first-order valence-electron chi connectivity index (χ1n) is 5.49. The minimum absolute atomic E-state index is 0.188. The summed E-state index contributed by atoms with van der Waals surface area (Å²) >= 11 is 5.43. The second-order valence-corrected chi connectivity index (χ2v) is 3.90. The third-order valence-corrected chi connectivity index (χ3v) is 2.58. The van der Waals surface area contributed by atoms with Crippen LogP contribution in [0.4, 0.5) is 0 Å². The van der Waals surface area contributed by atoms with Crippen molar-refractivity contribution in [2.75, 3.05) is 6.61 Å². The average molecular weight is 240 g/mol. The third kappa shape index (κ3) is 4.25. The van der Waals surface area contributed by atoms with Crippen molar-refractivity contribution in [1.29, 1.82) is 0 Å². The fourth-order valence-corrected chi connectivity index (χ4v) is 1.49. The van der Waals surface area contributed by atoms with Gasteiger partial charge in [0, 0.05) is 11.6 Å². The summed E-state index contributed by atoms with van der Waals surface area (Å²) in [6.07, 6.45) is 3.57. The van der Waals surface area contributed by atoms with Crippen molar-refractivity contribution in [2.45, 2.75) is 25.8 Å². The summed E-state index contributed by atoms with van der Waals surface area (Å²) in [6, 6.07) is 8.16. The van der Waals surface area contributed by atoms with Crippen LogP contribution in [0, 0.1) is 0 Å². The van der Waals surface area contributed by atoms with Crippen LogP contribution in [0.1, 0.15) is 18.9 Å². The Kier molecular flexibility index (Phi) is 5.98. The van der Waals surface area contributed by atoms with Gasteiger partial charge in [-0.3, -0.25) is 0 Å². The number of halogens is 1. The second kappa shape index (κ2) is 7.31. The molecule has 0 heterocycles. The van der Waals surface area contributed by atoms with Crippen LogP contribution < -0.4 is 10.5 Å². The van der Waals surface area contributed by atoms with E-state index in [9.17, 15) is 0 Å². The zero-order valence-corrected chi connectivity index (χ0v) is 10.3. The second-order valence-electron chi connectivity index (χ2n) is 3.65. The highest BCUT2D eigenvalue weighted by atomic mass is 35.5. The van der Waals surface area contributed by atoms with Gasteiger partial charge >= 0.3 is 0 Å². The zero-order valence-electron chi connectivity index (χ0n) is 9.53. The Morgan fingerprint density at radius 3 is 2.88 bits per heavy atom. The van der Waals surface area contributed by atoms with E-state index >= 15 is 0 Å². The molecule has 0 saturated heterocycles. The average Bonchev–Trinajstić information content (AvgIpc) is 2.31. The molecule has 0 fully saturated rings. The molecular formula is C13H18ClNO. The Morgan fingerprint density at radius 1 is 1.44 bits per heavy atom. The molecule has 0 aliphatic heterocycles. The molecule has 0 saturated carbocycles. The first-order chi connectivity index (χ1) is 7.77. The SMILES string of the molecule is CCC(N)Cc1ccccc1OC/C=C/Cl. The molecule has 2 N–H and O–H groups in total. The molecular weight excluding hydrogens is 222 g/mol. The van der Waals surface area contributed by atoms with Gasteiger partial charge in [0.15, 0.2) is 0 Å². The largest absolute Gasteiger partial charge is 0.489 e. The van der Waals surface area contributed by atoms with Crippen LogP contribution in [0.3, 0.4) is 0 Å². The third-order valence-electron chi connectivity index (χ3n) is 2.40. The highest BCUT2D eigenvalue weighted by Crippen LogP contribution is 2.19. The Hall–Kier alpha value is -0.990. The predicted molar refractivity (Wildman–Crippen MR) is 68.9 cm³/mol. The number of hydrogen-bond donors (Lipinski definition) is 1. The van der Waals surface area contributed by atoms with Crippen molar-refractivity contribution in [3.8, 4) is 5.75 Å². The van der Waals surface area contributed by atoms with E-state index < -0.39 is 0 Å². The Labute approximate surface area is 102 Å². The first-order valence-corrected chi connectivity index (χ1v) is 5.93. The summed E-state index contributed by atoms with van der Waals surface area (Å²) in [4.78, 5) is 0. The molecule has 0 bridgehead atoms. The van der Waals surface area contributed by atoms with E-state index in [1.54, 1.807) is 6.08 Å². The molecule has 88 valence electrons. The molecule has 1 rings (SSSR count). The Bertz CT molecular complexity index is 338. The molecule has 0 aromatic heterocycles. The minimum Gasteiger partial charge on any atom is -0.489 e. The van der Waals surface area contributed by atoms with Crippen LogP contribution in [0.5, 0.6) is 5.75 Å². The summed E-state index contributed by atoms with van der Waals surface area (Å²) in [5.74, 6) is 0.890. The molecule has 0 amide bonds. The minimum atomic E-state index is 0.188. The van der Waals surface area contributed by atoms with Gasteiger partial charge in [-0.1, -0.05) is 36.7 Å². The van der Waals surface area contributed by atoms with Gasteiger partial charge in [-0.15, -0.1) is 0 Å². The lowest BCUT2D eigenvalue weighted by molar-refractivity contribution is 0.357. The van der Waals surface area contributed by atoms with Crippen LogP contribution in [-0.4, -0.2) is 12.6 Å². The van der Waals surface area contributed by atoms with Gasteiger partial charge in [-0.25, -0.2) is 0 Å². The molecule has 0 spiro atoms. The van der Waals surface area contributed by atoms with Gasteiger partial charge < -0.3 is 10.5 Å². The van der Waals surface area contributed by atoms with E-state index in [1.165, 1.54) is 5.54 Å². The van der Waals surface area contributed by atoms with Crippen LogP contribution in [-0.2, 0) is 6.42 Å². The summed E-state index contributed by atoms with van der Waals surface area (Å²) < 4.78 is 5.60. The lowest BCUT2D eigenvalue weighted by Crippen LogP contribution is -2.21. The predicted octanol–water partition coefficient (Wildman–Crippen LogP) is 3.10. The molecule has 0 radical (unpaired) electrons. The van der Waals surface area contributed by atoms with Gasteiger partial charge in [-0.05, 0) is 30.5 Å². The van der Waals surface area contributed by atoms with E-state index in [0.29, 0.717) is 6.61 Å². The highest BCUT2D eigenvalue weighted by Gasteiger charge is 2.06. The number of nitrogens with two attached hydrogens (primary N) is 1. The smallest absolute Gasteiger partial charge is 0.123 e. The summed E-state index contributed by atoms with van der Waals surface area (Å²) in [5, 5.41) is 0. The van der Waals surface area contributed by atoms with E-state index in [1.807, 2.05) is 18.2 Å². The Balaban J connectivity index is 2.67. The summed E-state index contributed by atoms with van der Waals surface area (Å²) in [6.45, 7) is 2.58. The van der Waals surface area contributed by atoms with Crippen LogP contribution in [0.15, 0.2) is 35.9 Å². The van der Waals surface area contributed by atoms with Gasteiger partial charge in [0.1, 0.15) is 12.4 Å². The molecule has 1 unspecified atom stereocenters. The fraction of sp³-hybridized carbons (Fsp3) is 0.385. The molecule has 3 heteroatoms. The maximum absolute atomic E-state index is 5.94. The van der Waals surface area contributed by atoms with E-state index in [-0.39, 0.29) is 6.04 Å². The van der Waals surface area contributed by atoms with Gasteiger partial charge in [-0.2, -0.15) is 0 Å². The topological polar surface area (TPSA) is 35.2 Å². The lowest BCUT2D eigenvalue weighted by Gasteiger charge is -2.13. The van der Waals surface area contributed by atoms with Gasteiger partial charge in [0.25, 0.3) is 0 Å². The molecule has 16 heavy (non-hydrogen) atoms. The van der Waals surface area contributed by atoms with E-state index in [4.69, 9.17) is 22.1 Å². The fourth-order valence-electron chi connectivity index (χ4n) is 1.41. The number of benzene rings is 1. The van der Waals surface area contributed by atoms with Crippen molar-refractivity contribution >= 4 is 11.6 Å². The van der Waals surface area contributed by atoms with E-state index in [2.05, 4.69) is 13.0 Å². The molecule has 1 aromatic carbocycles. The molecule has 1 atom stereocenters. The van der Waals surface area contributed by atoms with Gasteiger partial charge in [0.05, 0.1) is 0 Å².